The lowest BCUT2D eigenvalue weighted by molar-refractivity contribution is -0.135. The van der Waals surface area contributed by atoms with Gasteiger partial charge in [-0.3, -0.25) is 19.3 Å². The van der Waals surface area contributed by atoms with E-state index in [-0.39, 0.29) is 6.54 Å². The molecule has 162 valence electrons. The van der Waals surface area contributed by atoms with Crippen LogP contribution in [-0.2, 0) is 19.9 Å². The van der Waals surface area contributed by atoms with Gasteiger partial charge in [-0.25, -0.2) is 4.79 Å². The Labute approximate surface area is 181 Å². The number of nitrogens with zero attached hydrogens (tertiary/aromatic N) is 1. The molecule has 1 aliphatic rings. The maximum Gasteiger partial charge on any atom is 0.325 e. The summed E-state index contributed by atoms with van der Waals surface area (Å²) < 4.78 is 0. The van der Waals surface area contributed by atoms with Gasteiger partial charge < -0.3 is 16.0 Å². The van der Waals surface area contributed by atoms with Crippen molar-refractivity contribution in [2.24, 2.45) is 0 Å². The van der Waals surface area contributed by atoms with E-state index in [0.29, 0.717) is 17.7 Å². The van der Waals surface area contributed by atoms with Gasteiger partial charge in [0.25, 0.3) is 5.91 Å². The zero-order valence-corrected chi connectivity index (χ0v) is 17.8. The van der Waals surface area contributed by atoms with Crippen molar-refractivity contribution in [3.05, 3.63) is 65.2 Å². The number of nitrogens with one attached hydrogen (secondary N) is 3. The first kappa shape index (κ1) is 22.0. The summed E-state index contributed by atoms with van der Waals surface area (Å²) in [5.41, 5.74) is 2.12. The van der Waals surface area contributed by atoms with Crippen LogP contribution in [0.2, 0.25) is 0 Å². The Balaban J connectivity index is 1.60. The third-order valence-electron chi connectivity index (χ3n) is 5.60. The van der Waals surface area contributed by atoms with Gasteiger partial charge in [-0.2, -0.15) is 0 Å². The summed E-state index contributed by atoms with van der Waals surface area (Å²) in [5.74, 6) is -1.48. The Kier molecular flexibility index (Phi) is 6.39. The van der Waals surface area contributed by atoms with Crippen LogP contribution in [0.5, 0.6) is 0 Å². The number of amides is 5. The molecule has 1 saturated heterocycles. The zero-order valence-electron chi connectivity index (χ0n) is 17.8. The summed E-state index contributed by atoms with van der Waals surface area (Å²) in [4.78, 5) is 50.9. The highest BCUT2D eigenvalue weighted by molar-refractivity contribution is 6.09. The molecule has 0 unspecified atom stereocenters. The van der Waals surface area contributed by atoms with Gasteiger partial charge >= 0.3 is 6.03 Å². The van der Waals surface area contributed by atoms with E-state index in [0.717, 1.165) is 16.0 Å². The molecule has 1 aliphatic heterocycles. The van der Waals surface area contributed by atoms with E-state index in [1.807, 2.05) is 32.0 Å². The zero-order chi connectivity index (χ0) is 22.6. The van der Waals surface area contributed by atoms with E-state index in [1.54, 1.807) is 37.3 Å². The molecule has 3 N–H and O–H groups in total. The van der Waals surface area contributed by atoms with Gasteiger partial charge in [0.05, 0.1) is 6.54 Å². The normalized spacial score (nSPS) is 18.0. The lowest BCUT2D eigenvalue weighted by Crippen LogP contribution is -2.45. The van der Waals surface area contributed by atoms with Crippen molar-refractivity contribution in [1.82, 2.24) is 15.5 Å². The Morgan fingerprint density at radius 2 is 1.71 bits per heavy atom. The van der Waals surface area contributed by atoms with Gasteiger partial charge in [0, 0.05) is 5.69 Å². The molecule has 31 heavy (non-hydrogen) atoms. The van der Waals surface area contributed by atoms with E-state index in [1.165, 1.54) is 0 Å². The minimum absolute atomic E-state index is 0.270. The summed E-state index contributed by atoms with van der Waals surface area (Å²) in [7, 11) is 0. The van der Waals surface area contributed by atoms with Crippen LogP contribution in [0, 0.1) is 13.8 Å². The highest BCUT2D eigenvalue weighted by atomic mass is 16.2. The quantitative estimate of drug-likeness (QED) is 0.595. The van der Waals surface area contributed by atoms with Crippen molar-refractivity contribution in [3.8, 4) is 0 Å². The maximum absolute atomic E-state index is 13.0. The monoisotopic (exact) mass is 422 g/mol. The SMILES string of the molecule is CC[C@@]1(c2ccccc2)NC(=O)N(CC(=O)NCC(=O)Nc2cccc(C)c2C)C1=O. The molecule has 1 fully saturated rings. The Hall–Kier alpha value is -3.68. The first-order chi connectivity index (χ1) is 14.8. The molecular formula is C23H26N4O4. The molecule has 0 aromatic heterocycles. The molecule has 8 nitrogen and oxygen atoms in total. The minimum Gasteiger partial charge on any atom is -0.345 e. The van der Waals surface area contributed by atoms with Gasteiger partial charge in [0.1, 0.15) is 12.1 Å². The highest BCUT2D eigenvalue weighted by Crippen LogP contribution is 2.32. The fourth-order valence-electron chi connectivity index (χ4n) is 3.59. The largest absolute Gasteiger partial charge is 0.345 e. The minimum atomic E-state index is -1.20. The third kappa shape index (κ3) is 4.42. The Bertz CT molecular complexity index is 1020. The number of benzene rings is 2. The molecule has 1 atom stereocenters. The number of carbonyl (C=O) groups is 4. The van der Waals surface area contributed by atoms with Crippen molar-refractivity contribution in [2.75, 3.05) is 18.4 Å². The van der Waals surface area contributed by atoms with Gasteiger partial charge in [-0.1, -0.05) is 49.4 Å². The van der Waals surface area contributed by atoms with E-state index in [2.05, 4.69) is 16.0 Å². The molecule has 0 bridgehead atoms. The smallest absolute Gasteiger partial charge is 0.325 e. The number of hydrogen-bond acceptors (Lipinski definition) is 4. The molecule has 0 saturated carbocycles. The number of aryl methyl sites for hydroxylation is 1. The number of imide groups is 1. The second-order valence-electron chi connectivity index (χ2n) is 7.52. The van der Waals surface area contributed by atoms with Crippen molar-refractivity contribution >= 4 is 29.4 Å². The van der Waals surface area contributed by atoms with Crippen molar-refractivity contribution in [2.45, 2.75) is 32.7 Å². The van der Waals surface area contributed by atoms with E-state index in [9.17, 15) is 19.2 Å². The van der Waals surface area contributed by atoms with Crippen LogP contribution in [-0.4, -0.2) is 41.7 Å². The first-order valence-corrected chi connectivity index (χ1v) is 10.1. The van der Waals surface area contributed by atoms with Crippen LogP contribution in [0.3, 0.4) is 0 Å². The molecule has 3 rings (SSSR count). The topological polar surface area (TPSA) is 108 Å². The molecule has 2 aromatic carbocycles. The van der Waals surface area contributed by atoms with Gasteiger partial charge in [0.15, 0.2) is 0 Å². The van der Waals surface area contributed by atoms with Crippen molar-refractivity contribution < 1.29 is 19.2 Å². The second-order valence-corrected chi connectivity index (χ2v) is 7.52. The lowest BCUT2D eigenvalue weighted by Gasteiger charge is -2.25. The van der Waals surface area contributed by atoms with Crippen LogP contribution in [0.25, 0.3) is 0 Å². The van der Waals surface area contributed by atoms with Gasteiger partial charge in [-0.05, 0) is 43.0 Å². The van der Waals surface area contributed by atoms with Crippen LogP contribution in [0.15, 0.2) is 48.5 Å². The Morgan fingerprint density at radius 3 is 2.39 bits per heavy atom. The van der Waals surface area contributed by atoms with Crippen LogP contribution in [0.1, 0.15) is 30.0 Å². The maximum atomic E-state index is 13.0. The van der Waals surface area contributed by atoms with E-state index in [4.69, 9.17) is 0 Å². The summed E-state index contributed by atoms with van der Waals surface area (Å²) in [6.07, 6.45) is 0.345. The van der Waals surface area contributed by atoms with E-state index >= 15 is 0 Å². The number of hydrogen-bond donors (Lipinski definition) is 3. The molecule has 1 heterocycles. The molecular weight excluding hydrogens is 396 g/mol. The number of urea groups is 1. The van der Waals surface area contributed by atoms with Crippen LogP contribution >= 0.6 is 0 Å². The van der Waals surface area contributed by atoms with Crippen molar-refractivity contribution in [1.29, 1.82) is 0 Å². The first-order valence-electron chi connectivity index (χ1n) is 10.1. The Morgan fingerprint density at radius 1 is 1.00 bits per heavy atom. The fourth-order valence-corrected chi connectivity index (χ4v) is 3.59. The van der Waals surface area contributed by atoms with Gasteiger partial charge in [-0.15, -0.1) is 0 Å². The van der Waals surface area contributed by atoms with E-state index < -0.39 is 35.8 Å². The number of carbonyl (C=O) groups excluding carboxylic acids is 4. The molecule has 8 heteroatoms. The number of anilines is 1. The fraction of sp³-hybridized carbons (Fsp3) is 0.304. The predicted octanol–water partition coefficient (Wildman–Crippen LogP) is 2.22. The molecule has 0 spiro atoms. The summed E-state index contributed by atoms with van der Waals surface area (Å²) in [6, 6.07) is 13.9. The summed E-state index contributed by atoms with van der Waals surface area (Å²) >= 11 is 0. The molecule has 2 aromatic rings. The van der Waals surface area contributed by atoms with Crippen molar-refractivity contribution in [3.63, 3.8) is 0 Å². The molecule has 0 aliphatic carbocycles. The van der Waals surface area contributed by atoms with Crippen LogP contribution in [0.4, 0.5) is 10.5 Å². The van der Waals surface area contributed by atoms with Crippen LogP contribution < -0.4 is 16.0 Å². The predicted molar refractivity (Wildman–Crippen MR) is 116 cm³/mol. The summed E-state index contributed by atoms with van der Waals surface area (Å²) in [6.45, 7) is 4.90. The average Bonchev–Trinajstić information content (AvgIpc) is 3.01. The number of rotatable bonds is 7. The lowest BCUT2D eigenvalue weighted by atomic mass is 9.87. The molecule has 5 amide bonds. The molecule has 0 radical (unpaired) electrons. The van der Waals surface area contributed by atoms with Gasteiger partial charge in [0.2, 0.25) is 11.8 Å². The third-order valence-corrected chi connectivity index (χ3v) is 5.60. The highest BCUT2D eigenvalue weighted by Gasteiger charge is 2.51. The second kappa shape index (κ2) is 8.99. The summed E-state index contributed by atoms with van der Waals surface area (Å²) in [5, 5.41) is 7.94. The average molecular weight is 422 g/mol. The standard InChI is InChI=1S/C23H26N4O4/c1-4-23(17-10-6-5-7-11-17)21(30)27(22(31)26-23)14-20(29)24-13-19(28)25-18-12-8-9-15(2)16(18)3/h5-12H,4,13-14H2,1-3H3,(H,24,29)(H,25,28)(H,26,31)/t23-/m0/s1.